The van der Waals surface area contributed by atoms with Crippen LogP contribution in [0.1, 0.15) is 69.5 Å². The third-order valence-electron chi connectivity index (χ3n) is 4.72. The van der Waals surface area contributed by atoms with Gasteiger partial charge in [0.25, 0.3) is 0 Å². The van der Waals surface area contributed by atoms with Gasteiger partial charge in [-0.25, -0.2) is 0 Å². The maximum atomic E-state index is 5.53. The van der Waals surface area contributed by atoms with E-state index in [9.17, 15) is 0 Å². The number of ether oxygens (including phenoxy) is 1. The third kappa shape index (κ3) is 2.07. The maximum Gasteiger partial charge on any atom is 0.229 e. The molecule has 1 aromatic rings. The van der Waals surface area contributed by atoms with Gasteiger partial charge >= 0.3 is 0 Å². The van der Waals surface area contributed by atoms with E-state index < -0.39 is 0 Å². The minimum absolute atomic E-state index is 0.201. The van der Waals surface area contributed by atoms with E-state index in [0.717, 1.165) is 44.2 Å². The minimum Gasteiger partial charge on any atom is -0.381 e. The van der Waals surface area contributed by atoms with Crippen LogP contribution in [0, 0.1) is 0 Å². The highest BCUT2D eigenvalue weighted by Gasteiger charge is 2.38. The summed E-state index contributed by atoms with van der Waals surface area (Å²) in [5, 5.41) is 4.29. The molecule has 1 aliphatic heterocycles. The predicted octanol–water partition coefficient (Wildman–Crippen LogP) is 3.19. The van der Waals surface area contributed by atoms with Gasteiger partial charge < -0.3 is 9.26 Å². The molecule has 0 bridgehead atoms. The largest absolute Gasteiger partial charge is 0.381 e. The van der Waals surface area contributed by atoms with Gasteiger partial charge in [0.05, 0.1) is 0 Å². The second kappa shape index (κ2) is 5.00. The standard InChI is InChI=1S/C14H22N2O2/c1-2-14(7-3-4-8-14)13-15-12(18-16-13)11-5-9-17-10-6-11/h11H,2-10H2,1H3. The zero-order chi connectivity index (χ0) is 12.4. The van der Waals surface area contributed by atoms with E-state index in [0.29, 0.717) is 5.92 Å². The van der Waals surface area contributed by atoms with Crippen LogP contribution in [0.4, 0.5) is 0 Å². The van der Waals surface area contributed by atoms with Crippen molar-refractivity contribution >= 4 is 0 Å². The van der Waals surface area contributed by atoms with E-state index in [2.05, 4.69) is 12.1 Å². The van der Waals surface area contributed by atoms with Crippen LogP contribution >= 0.6 is 0 Å². The van der Waals surface area contributed by atoms with Crippen LogP contribution in [0.15, 0.2) is 4.52 Å². The molecule has 0 spiro atoms. The average Bonchev–Trinajstić information content (AvgIpc) is 3.09. The van der Waals surface area contributed by atoms with Gasteiger partial charge in [-0.1, -0.05) is 24.9 Å². The van der Waals surface area contributed by atoms with Gasteiger partial charge in [-0.2, -0.15) is 4.98 Å². The summed E-state index contributed by atoms with van der Waals surface area (Å²) in [6, 6.07) is 0. The highest BCUT2D eigenvalue weighted by Crippen LogP contribution is 2.42. The van der Waals surface area contributed by atoms with E-state index in [4.69, 9.17) is 14.2 Å². The number of nitrogens with zero attached hydrogens (tertiary/aromatic N) is 2. The Bertz CT molecular complexity index is 390. The van der Waals surface area contributed by atoms with Crippen molar-refractivity contribution in [3.05, 3.63) is 11.7 Å². The molecule has 0 aromatic carbocycles. The first-order chi connectivity index (χ1) is 8.84. The third-order valence-corrected chi connectivity index (χ3v) is 4.72. The summed E-state index contributed by atoms with van der Waals surface area (Å²) in [6.07, 6.45) is 8.19. The van der Waals surface area contributed by atoms with E-state index in [1.165, 1.54) is 25.7 Å². The van der Waals surface area contributed by atoms with Crippen LogP contribution in [0.25, 0.3) is 0 Å². The monoisotopic (exact) mass is 250 g/mol. The molecule has 0 unspecified atom stereocenters. The average molecular weight is 250 g/mol. The van der Waals surface area contributed by atoms with Gasteiger partial charge in [0.2, 0.25) is 5.89 Å². The Morgan fingerprint density at radius 2 is 1.94 bits per heavy atom. The lowest BCUT2D eigenvalue weighted by molar-refractivity contribution is 0.0778. The van der Waals surface area contributed by atoms with Crippen molar-refractivity contribution in [2.75, 3.05) is 13.2 Å². The molecule has 0 amide bonds. The van der Waals surface area contributed by atoms with Crippen molar-refractivity contribution in [3.8, 4) is 0 Å². The zero-order valence-electron chi connectivity index (χ0n) is 11.2. The lowest BCUT2D eigenvalue weighted by Crippen LogP contribution is -2.22. The molecule has 1 saturated carbocycles. The van der Waals surface area contributed by atoms with Crippen molar-refractivity contribution in [1.29, 1.82) is 0 Å². The van der Waals surface area contributed by atoms with Crippen molar-refractivity contribution in [2.45, 2.75) is 63.2 Å². The van der Waals surface area contributed by atoms with E-state index in [-0.39, 0.29) is 5.41 Å². The Balaban J connectivity index is 1.79. The zero-order valence-corrected chi connectivity index (χ0v) is 11.2. The van der Waals surface area contributed by atoms with Crippen LogP contribution in [0.5, 0.6) is 0 Å². The number of hydrogen-bond donors (Lipinski definition) is 0. The highest BCUT2D eigenvalue weighted by atomic mass is 16.5. The normalized spacial score (nSPS) is 24.5. The SMILES string of the molecule is CCC1(c2noc(C3CCOCC3)n2)CCCC1. The quantitative estimate of drug-likeness (QED) is 0.826. The molecule has 18 heavy (non-hydrogen) atoms. The summed E-state index contributed by atoms with van der Waals surface area (Å²) >= 11 is 0. The molecule has 1 aliphatic carbocycles. The molecule has 2 fully saturated rings. The Morgan fingerprint density at radius 3 is 2.61 bits per heavy atom. The second-order valence-corrected chi connectivity index (χ2v) is 5.68. The smallest absolute Gasteiger partial charge is 0.229 e. The molecule has 0 radical (unpaired) electrons. The van der Waals surface area contributed by atoms with E-state index >= 15 is 0 Å². The van der Waals surface area contributed by atoms with Crippen LogP contribution in [0.2, 0.25) is 0 Å². The molecule has 4 heteroatoms. The van der Waals surface area contributed by atoms with Crippen molar-refractivity contribution in [3.63, 3.8) is 0 Å². The van der Waals surface area contributed by atoms with Crippen molar-refractivity contribution < 1.29 is 9.26 Å². The van der Waals surface area contributed by atoms with Crippen molar-refractivity contribution in [1.82, 2.24) is 10.1 Å². The first-order valence-electron chi connectivity index (χ1n) is 7.26. The van der Waals surface area contributed by atoms with Crippen LogP contribution < -0.4 is 0 Å². The molecule has 4 nitrogen and oxygen atoms in total. The maximum absolute atomic E-state index is 5.53. The van der Waals surface area contributed by atoms with Gasteiger partial charge in [-0.05, 0) is 32.1 Å². The fourth-order valence-corrected chi connectivity index (χ4v) is 3.35. The van der Waals surface area contributed by atoms with Gasteiger partial charge in [0, 0.05) is 24.5 Å². The fraction of sp³-hybridized carbons (Fsp3) is 0.857. The second-order valence-electron chi connectivity index (χ2n) is 5.68. The minimum atomic E-state index is 0.201. The highest BCUT2D eigenvalue weighted by molar-refractivity contribution is 5.10. The number of rotatable bonds is 3. The summed E-state index contributed by atoms with van der Waals surface area (Å²) < 4.78 is 10.9. The topological polar surface area (TPSA) is 48.2 Å². The first-order valence-corrected chi connectivity index (χ1v) is 7.26. The molecule has 1 saturated heterocycles. The Morgan fingerprint density at radius 1 is 1.22 bits per heavy atom. The van der Waals surface area contributed by atoms with Gasteiger partial charge in [0.15, 0.2) is 5.82 Å². The lowest BCUT2D eigenvalue weighted by Gasteiger charge is -2.22. The van der Waals surface area contributed by atoms with Gasteiger partial charge in [-0.15, -0.1) is 0 Å². The predicted molar refractivity (Wildman–Crippen MR) is 67.5 cm³/mol. The van der Waals surface area contributed by atoms with Crippen LogP contribution in [-0.4, -0.2) is 23.4 Å². The molecule has 1 aromatic heterocycles. The molecule has 2 aliphatic rings. The van der Waals surface area contributed by atoms with Crippen molar-refractivity contribution in [2.24, 2.45) is 0 Å². The molecular formula is C14H22N2O2. The van der Waals surface area contributed by atoms with Crippen LogP contribution in [-0.2, 0) is 10.2 Å². The van der Waals surface area contributed by atoms with E-state index in [1.54, 1.807) is 0 Å². The summed E-state index contributed by atoms with van der Waals surface area (Å²) in [5.74, 6) is 2.22. The molecule has 3 rings (SSSR count). The number of aromatic nitrogens is 2. The first kappa shape index (κ1) is 12.2. The summed E-state index contributed by atoms with van der Waals surface area (Å²) in [4.78, 5) is 4.73. The van der Waals surface area contributed by atoms with E-state index in [1.807, 2.05) is 0 Å². The summed E-state index contributed by atoms with van der Waals surface area (Å²) in [5.41, 5.74) is 0.201. The Hall–Kier alpha value is -0.900. The summed E-state index contributed by atoms with van der Waals surface area (Å²) in [6.45, 7) is 3.89. The lowest BCUT2D eigenvalue weighted by atomic mass is 9.82. The molecule has 0 N–H and O–H groups in total. The number of hydrogen-bond acceptors (Lipinski definition) is 4. The Kier molecular flexibility index (Phi) is 3.37. The summed E-state index contributed by atoms with van der Waals surface area (Å²) in [7, 11) is 0. The van der Waals surface area contributed by atoms with Crippen LogP contribution in [0.3, 0.4) is 0 Å². The molecular weight excluding hydrogens is 228 g/mol. The van der Waals surface area contributed by atoms with Gasteiger partial charge in [0.1, 0.15) is 0 Å². The molecule has 2 heterocycles. The van der Waals surface area contributed by atoms with Gasteiger partial charge in [-0.3, -0.25) is 0 Å². The fourth-order valence-electron chi connectivity index (χ4n) is 3.35. The molecule has 0 atom stereocenters. The Labute approximate surface area is 108 Å². The molecule has 100 valence electrons.